The van der Waals surface area contributed by atoms with E-state index in [-0.39, 0.29) is 41.6 Å². The number of nitrogens with one attached hydrogen (secondary N) is 1. The predicted molar refractivity (Wildman–Crippen MR) is 114 cm³/mol. The Bertz CT molecular complexity index is 969. The molecule has 0 fully saturated rings. The van der Waals surface area contributed by atoms with Crippen LogP contribution < -0.4 is 17.7 Å². The molecule has 0 aromatic heterocycles. The summed E-state index contributed by atoms with van der Waals surface area (Å²) in [4.78, 5) is 12.7. The Labute approximate surface area is 179 Å². The summed E-state index contributed by atoms with van der Waals surface area (Å²) >= 11 is 0. The summed E-state index contributed by atoms with van der Waals surface area (Å²) in [5.41, 5.74) is 3.49. The molecule has 1 aliphatic rings. The Morgan fingerprint density at radius 1 is 1.07 bits per heavy atom. The molecule has 2 N–H and O–H groups in total. The lowest BCUT2D eigenvalue weighted by molar-refractivity contribution is -0.425. The first kappa shape index (κ1) is 22.7. The molecule has 0 unspecified atom stereocenters. The molecule has 2 aromatic rings. The maximum Gasteiger partial charge on any atom is 0.286 e. The van der Waals surface area contributed by atoms with Crippen LogP contribution in [-0.4, -0.2) is 33.4 Å². The molecule has 29 heavy (non-hydrogen) atoms. The van der Waals surface area contributed by atoms with Crippen molar-refractivity contribution in [3.8, 4) is 5.75 Å². The minimum atomic E-state index is -0.280. The van der Waals surface area contributed by atoms with E-state index in [0.717, 1.165) is 17.0 Å². The van der Waals surface area contributed by atoms with Crippen molar-refractivity contribution >= 4 is 23.4 Å². The Balaban J connectivity index is 0.00000300. The minimum Gasteiger partial charge on any atom is -1.00 e. The van der Waals surface area contributed by atoms with Crippen LogP contribution in [0.25, 0.3) is 6.08 Å². The molecule has 3 rings (SSSR count). The van der Waals surface area contributed by atoms with Crippen LogP contribution in [0.2, 0.25) is 0 Å². The summed E-state index contributed by atoms with van der Waals surface area (Å²) in [6, 6.07) is 15.5. The number of halogens is 1. The predicted octanol–water partition coefficient (Wildman–Crippen LogP) is 1.40. The van der Waals surface area contributed by atoms with Crippen LogP contribution in [0, 0.1) is 0 Å². The molecule has 2 aromatic carbocycles. The number of rotatable bonds is 4. The highest BCUT2D eigenvalue weighted by Crippen LogP contribution is 2.40. The van der Waals surface area contributed by atoms with E-state index in [0.29, 0.717) is 0 Å². The minimum absolute atomic E-state index is 0. The van der Waals surface area contributed by atoms with Gasteiger partial charge in [0.15, 0.2) is 5.71 Å². The van der Waals surface area contributed by atoms with E-state index in [1.54, 1.807) is 12.1 Å². The van der Waals surface area contributed by atoms with Gasteiger partial charge in [-0.3, -0.25) is 4.79 Å². The van der Waals surface area contributed by atoms with Gasteiger partial charge >= 0.3 is 0 Å². The second-order valence-corrected chi connectivity index (χ2v) is 8.80. The third kappa shape index (κ3) is 4.88. The van der Waals surface area contributed by atoms with Crippen molar-refractivity contribution in [2.75, 3.05) is 6.54 Å². The number of phenolic OH excluding ortho intramolecular Hbond substituents is 1. The monoisotopic (exact) mass is 412 g/mol. The van der Waals surface area contributed by atoms with E-state index in [9.17, 15) is 9.90 Å². The summed E-state index contributed by atoms with van der Waals surface area (Å²) in [5, 5.41) is 13.1. The van der Waals surface area contributed by atoms with Crippen molar-refractivity contribution in [3.05, 3.63) is 65.7 Å². The summed E-state index contributed by atoms with van der Waals surface area (Å²) in [6.45, 7) is 10.5. The number of allylic oxidation sites excluding steroid dienone is 1. The fourth-order valence-corrected chi connectivity index (χ4v) is 3.71. The van der Waals surface area contributed by atoms with Crippen LogP contribution in [0.1, 0.15) is 45.7 Å². The third-order valence-corrected chi connectivity index (χ3v) is 4.97. The molecular weight excluding hydrogens is 384 g/mol. The van der Waals surface area contributed by atoms with Crippen LogP contribution in [-0.2, 0) is 10.2 Å². The first-order valence-electron chi connectivity index (χ1n) is 9.61. The van der Waals surface area contributed by atoms with Crippen LogP contribution >= 0.6 is 0 Å². The molecule has 0 bridgehead atoms. The Morgan fingerprint density at radius 2 is 1.69 bits per heavy atom. The zero-order valence-corrected chi connectivity index (χ0v) is 18.4. The van der Waals surface area contributed by atoms with E-state index >= 15 is 0 Å². The van der Waals surface area contributed by atoms with Gasteiger partial charge < -0.3 is 22.8 Å². The number of carbonyl (C=O) groups excluding carboxylic acids is 1. The zero-order valence-electron chi connectivity index (χ0n) is 17.7. The van der Waals surface area contributed by atoms with Crippen molar-refractivity contribution < 1.29 is 26.9 Å². The number of para-hydroxylation sites is 2. The molecule has 0 aliphatic carbocycles. The van der Waals surface area contributed by atoms with E-state index < -0.39 is 0 Å². The maximum absolute atomic E-state index is 12.7. The Hall–Kier alpha value is -2.59. The molecule has 0 atom stereocenters. The van der Waals surface area contributed by atoms with Crippen LogP contribution in [0.4, 0.5) is 5.69 Å². The number of aromatic hydroxyl groups is 1. The normalized spacial score (nSPS) is 15.2. The molecule has 4 nitrogen and oxygen atoms in total. The highest BCUT2D eigenvalue weighted by atomic mass is 35.5. The van der Waals surface area contributed by atoms with Gasteiger partial charge in [-0.2, -0.15) is 4.58 Å². The van der Waals surface area contributed by atoms with Gasteiger partial charge in [0.1, 0.15) is 5.75 Å². The second kappa shape index (κ2) is 8.42. The van der Waals surface area contributed by atoms with Gasteiger partial charge in [-0.05, 0) is 46.8 Å². The van der Waals surface area contributed by atoms with Crippen molar-refractivity contribution in [1.29, 1.82) is 0 Å². The Morgan fingerprint density at radius 3 is 2.34 bits per heavy atom. The van der Waals surface area contributed by atoms with Gasteiger partial charge in [-0.15, -0.1) is 0 Å². The quantitative estimate of drug-likeness (QED) is 0.746. The summed E-state index contributed by atoms with van der Waals surface area (Å²) in [7, 11) is 0. The zero-order chi connectivity index (χ0) is 20.5. The fraction of sp³-hybridized carbons (Fsp3) is 0.333. The van der Waals surface area contributed by atoms with Gasteiger partial charge in [0.2, 0.25) is 12.2 Å². The first-order chi connectivity index (χ1) is 13.1. The number of hydrogen-bond acceptors (Lipinski definition) is 2. The van der Waals surface area contributed by atoms with Gasteiger partial charge in [-0.25, -0.2) is 0 Å². The lowest BCUT2D eigenvalue weighted by Crippen LogP contribution is -3.00. The smallest absolute Gasteiger partial charge is 0.286 e. The molecule has 0 saturated heterocycles. The number of benzene rings is 2. The summed E-state index contributed by atoms with van der Waals surface area (Å²) < 4.78 is 2.08. The van der Waals surface area contributed by atoms with Crippen molar-refractivity contribution in [2.24, 2.45) is 0 Å². The van der Waals surface area contributed by atoms with Gasteiger partial charge in [0, 0.05) is 28.8 Å². The highest BCUT2D eigenvalue weighted by molar-refractivity contribution is 6.05. The molecule has 0 radical (unpaired) electrons. The average molecular weight is 413 g/mol. The van der Waals surface area contributed by atoms with Crippen molar-refractivity contribution in [3.63, 3.8) is 0 Å². The van der Waals surface area contributed by atoms with Crippen LogP contribution in [0.15, 0.2) is 54.6 Å². The van der Waals surface area contributed by atoms with Gasteiger partial charge in [0.05, 0.1) is 5.41 Å². The SMILES string of the molecule is CC(C)(C)NC(=O)C[N+]1=C(/C=C/c2ccccc2O)C(C)(C)c2ccccc21.[Cl-]. The Kier molecular flexibility index (Phi) is 6.59. The molecular formula is C24H29ClN2O2. The summed E-state index contributed by atoms with van der Waals surface area (Å²) in [6.07, 6.45) is 3.92. The molecule has 0 saturated carbocycles. The molecule has 154 valence electrons. The van der Waals surface area contributed by atoms with Gasteiger partial charge in [-0.1, -0.05) is 36.4 Å². The maximum atomic E-state index is 12.7. The topological polar surface area (TPSA) is 52.3 Å². The second-order valence-electron chi connectivity index (χ2n) is 8.80. The molecule has 1 aliphatic heterocycles. The number of hydrogen-bond donors (Lipinski definition) is 2. The largest absolute Gasteiger partial charge is 1.00 e. The van der Waals surface area contributed by atoms with Gasteiger partial charge in [0.25, 0.3) is 5.91 Å². The number of nitrogens with zero attached hydrogens (tertiary/aromatic N) is 1. The number of fused-ring (bicyclic) bond motifs is 1. The van der Waals surface area contributed by atoms with Crippen molar-refractivity contribution in [1.82, 2.24) is 5.32 Å². The van der Waals surface area contributed by atoms with E-state index in [2.05, 4.69) is 35.9 Å². The molecule has 0 spiro atoms. The number of amides is 1. The van der Waals surface area contributed by atoms with E-state index in [4.69, 9.17) is 0 Å². The van der Waals surface area contributed by atoms with E-state index in [1.807, 2.05) is 57.2 Å². The highest BCUT2D eigenvalue weighted by Gasteiger charge is 2.44. The molecule has 1 amide bonds. The standard InChI is InChI=1S/C24H28N2O2.ClH/c1-23(2,3)25-22(28)16-26-19-12-8-7-11-18(19)24(4,5)21(26)15-14-17-10-6-9-13-20(17)27;/h6-15H,16H2,1-5H3,(H,25,28);1H. The van der Waals surface area contributed by atoms with Crippen molar-refractivity contribution in [2.45, 2.75) is 45.6 Å². The number of phenols is 1. The fourth-order valence-electron chi connectivity index (χ4n) is 3.71. The molecule has 5 heteroatoms. The van der Waals surface area contributed by atoms with Crippen LogP contribution in [0.5, 0.6) is 5.75 Å². The lowest BCUT2D eigenvalue weighted by Gasteiger charge is -2.19. The summed E-state index contributed by atoms with van der Waals surface area (Å²) in [5.74, 6) is 0.221. The average Bonchev–Trinajstić information content (AvgIpc) is 2.80. The number of carbonyl (C=O) groups is 1. The molecule has 1 heterocycles. The first-order valence-corrected chi connectivity index (χ1v) is 9.61. The van der Waals surface area contributed by atoms with Crippen LogP contribution in [0.3, 0.4) is 0 Å². The lowest BCUT2D eigenvalue weighted by atomic mass is 9.81. The third-order valence-electron chi connectivity index (χ3n) is 4.97. The van der Waals surface area contributed by atoms with E-state index in [1.165, 1.54) is 5.56 Å².